The summed E-state index contributed by atoms with van der Waals surface area (Å²) in [6.07, 6.45) is 0. The maximum atomic E-state index is 12.3. The van der Waals surface area contributed by atoms with Gasteiger partial charge in [-0.05, 0) is 23.8 Å². The lowest BCUT2D eigenvalue weighted by Gasteiger charge is -2.06. The summed E-state index contributed by atoms with van der Waals surface area (Å²) in [5, 5.41) is 0.831. The van der Waals surface area contributed by atoms with E-state index in [2.05, 4.69) is 0 Å². The number of hydrogen-bond acceptors (Lipinski definition) is 1. The van der Waals surface area contributed by atoms with Crippen molar-refractivity contribution in [2.45, 2.75) is 4.84 Å². The second-order valence-electron chi connectivity index (χ2n) is 3.88. The number of halogens is 4. The Morgan fingerprint density at radius 1 is 0.947 bits per heavy atom. The predicted molar refractivity (Wildman–Crippen MR) is 80.8 cm³/mol. The molecule has 0 unspecified atom stereocenters. The Balaban J connectivity index is 2.36. The van der Waals surface area contributed by atoms with Crippen molar-refractivity contribution in [2.24, 2.45) is 0 Å². The second-order valence-corrected chi connectivity index (χ2v) is 5.82. The minimum absolute atomic E-state index is 0.195. The minimum atomic E-state index is -0.612. The zero-order chi connectivity index (χ0) is 14.0. The monoisotopic (exact) mass is 332 g/mol. The molecule has 0 aliphatic heterocycles. The van der Waals surface area contributed by atoms with Crippen LogP contribution in [0, 0.1) is 0 Å². The molecule has 0 atom stereocenters. The van der Waals surface area contributed by atoms with Crippen LogP contribution < -0.4 is 0 Å². The molecule has 2 rings (SSSR count). The highest BCUT2D eigenvalue weighted by atomic mass is 35.5. The molecular formula is C14H8Cl4O. The number of ketones is 1. The SMILES string of the molecule is O=C(c1ccc(C(Cl)Cl)cc1)c1cc(Cl)ccc1Cl. The highest BCUT2D eigenvalue weighted by Gasteiger charge is 2.14. The summed E-state index contributed by atoms with van der Waals surface area (Å²) in [5.41, 5.74) is 1.61. The molecule has 2 aromatic rings. The number of benzene rings is 2. The number of carbonyl (C=O) groups is 1. The summed E-state index contributed by atoms with van der Waals surface area (Å²) in [7, 11) is 0. The molecule has 0 heterocycles. The van der Waals surface area contributed by atoms with E-state index in [0.717, 1.165) is 5.56 Å². The Hall–Kier alpha value is -0.730. The van der Waals surface area contributed by atoms with Crippen LogP contribution in [0.5, 0.6) is 0 Å². The van der Waals surface area contributed by atoms with Crippen molar-refractivity contribution in [3.8, 4) is 0 Å². The number of hydrogen-bond donors (Lipinski definition) is 0. The standard InChI is InChI=1S/C14H8Cl4O/c15-10-5-6-12(16)11(7-10)13(19)8-1-3-9(4-2-8)14(17)18/h1-7,14H. The molecule has 2 aromatic carbocycles. The van der Waals surface area contributed by atoms with E-state index >= 15 is 0 Å². The van der Waals surface area contributed by atoms with Gasteiger partial charge in [0.2, 0.25) is 0 Å². The first-order chi connectivity index (χ1) is 8.99. The smallest absolute Gasteiger partial charge is 0.194 e. The first kappa shape index (κ1) is 14.7. The molecule has 0 saturated carbocycles. The average Bonchev–Trinajstić information content (AvgIpc) is 2.41. The van der Waals surface area contributed by atoms with Crippen molar-refractivity contribution in [3.63, 3.8) is 0 Å². The van der Waals surface area contributed by atoms with E-state index in [4.69, 9.17) is 46.4 Å². The molecule has 19 heavy (non-hydrogen) atoms. The molecule has 0 bridgehead atoms. The van der Waals surface area contributed by atoms with Gasteiger partial charge in [-0.15, -0.1) is 23.2 Å². The molecule has 0 aromatic heterocycles. The lowest BCUT2D eigenvalue weighted by Crippen LogP contribution is -2.02. The summed E-state index contributed by atoms with van der Waals surface area (Å²) in [6, 6.07) is 11.5. The lowest BCUT2D eigenvalue weighted by atomic mass is 10.0. The first-order valence-corrected chi connectivity index (χ1v) is 7.00. The molecular weight excluding hydrogens is 326 g/mol. The van der Waals surface area contributed by atoms with Gasteiger partial charge >= 0.3 is 0 Å². The normalized spacial score (nSPS) is 10.8. The average molecular weight is 334 g/mol. The molecule has 0 fully saturated rings. The van der Waals surface area contributed by atoms with Crippen LogP contribution in [0.3, 0.4) is 0 Å². The van der Waals surface area contributed by atoms with Gasteiger partial charge in [-0.3, -0.25) is 4.79 Å². The quantitative estimate of drug-likeness (QED) is 0.520. The third-order valence-corrected chi connectivity index (χ3v) is 3.67. The van der Waals surface area contributed by atoms with Gasteiger partial charge in [0.1, 0.15) is 4.84 Å². The van der Waals surface area contributed by atoms with Gasteiger partial charge in [0, 0.05) is 16.1 Å². The fourth-order valence-corrected chi connectivity index (χ4v) is 2.27. The Kier molecular flexibility index (Phi) is 4.75. The van der Waals surface area contributed by atoms with Crippen LogP contribution in [0.2, 0.25) is 10.0 Å². The highest BCUT2D eigenvalue weighted by Crippen LogP contribution is 2.27. The van der Waals surface area contributed by atoms with E-state index in [1.54, 1.807) is 42.5 Å². The van der Waals surface area contributed by atoms with Crippen molar-refractivity contribution >= 4 is 52.2 Å². The summed E-state index contributed by atoms with van der Waals surface area (Å²) < 4.78 is 0. The Bertz CT molecular complexity index is 605. The van der Waals surface area contributed by atoms with Crippen molar-refractivity contribution in [2.75, 3.05) is 0 Å². The Labute approximate surface area is 131 Å². The van der Waals surface area contributed by atoms with Crippen LogP contribution in [0.4, 0.5) is 0 Å². The van der Waals surface area contributed by atoms with Crippen molar-refractivity contribution in [1.82, 2.24) is 0 Å². The lowest BCUT2D eigenvalue weighted by molar-refractivity contribution is 0.103. The van der Waals surface area contributed by atoms with Crippen LogP contribution in [0.25, 0.3) is 0 Å². The second kappa shape index (κ2) is 6.15. The first-order valence-electron chi connectivity index (χ1n) is 5.37. The van der Waals surface area contributed by atoms with E-state index in [-0.39, 0.29) is 5.78 Å². The maximum Gasteiger partial charge on any atom is 0.194 e. The van der Waals surface area contributed by atoms with Crippen LogP contribution in [0.15, 0.2) is 42.5 Å². The molecule has 0 amide bonds. The zero-order valence-electron chi connectivity index (χ0n) is 9.54. The zero-order valence-corrected chi connectivity index (χ0v) is 12.6. The summed E-state index contributed by atoms with van der Waals surface area (Å²) >= 11 is 23.4. The van der Waals surface area contributed by atoms with E-state index in [1.165, 1.54) is 0 Å². The predicted octanol–water partition coefficient (Wildman–Crippen LogP) is 5.70. The third kappa shape index (κ3) is 3.43. The molecule has 0 aliphatic rings. The largest absolute Gasteiger partial charge is 0.289 e. The Morgan fingerprint density at radius 2 is 1.58 bits per heavy atom. The van der Waals surface area contributed by atoms with Gasteiger partial charge in [0.05, 0.1) is 5.02 Å². The van der Waals surface area contributed by atoms with E-state index in [9.17, 15) is 4.79 Å². The molecule has 0 spiro atoms. The number of carbonyl (C=O) groups excluding carboxylic acids is 1. The molecule has 1 nitrogen and oxygen atoms in total. The molecule has 0 radical (unpaired) electrons. The van der Waals surface area contributed by atoms with E-state index in [1.807, 2.05) is 0 Å². The summed E-state index contributed by atoms with van der Waals surface area (Å²) in [6.45, 7) is 0. The fraction of sp³-hybridized carbons (Fsp3) is 0.0714. The number of rotatable bonds is 3. The van der Waals surface area contributed by atoms with Gasteiger partial charge in [0.25, 0.3) is 0 Å². The van der Waals surface area contributed by atoms with E-state index < -0.39 is 4.84 Å². The van der Waals surface area contributed by atoms with Crippen molar-refractivity contribution < 1.29 is 4.79 Å². The third-order valence-electron chi connectivity index (χ3n) is 2.60. The van der Waals surface area contributed by atoms with Gasteiger partial charge in [-0.25, -0.2) is 0 Å². The molecule has 98 valence electrons. The Morgan fingerprint density at radius 3 is 2.16 bits per heavy atom. The maximum absolute atomic E-state index is 12.3. The van der Waals surface area contributed by atoms with Crippen LogP contribution in [0.1, 0.15) is 26.3 Å². The summed E-state index contributed by atoms with van der Waals surface area (Å²) in [4.78, 5) is 11.7. The summed E-state index contributed by atoms with van der Waals surface area (Å²) in [5.74, 6) is -0.195. The van der Waals surface area contributed by atoms with E-state index in [0.29, 0.717) is 21.2 Å². The molecule has 0 aliphatic carbocycles. The van der Waals surface area contributed by atoms with Gasteiger partial charge in [-0.2, -0.15) is 0 Å². The highest BCUT2D eigenvalue weighted by molar-refractivity contribution is 6.44. The minimum Gasteiger partial charge on any atom is -0.289 e. The van der Waals surface area contributed by atoms with Crippen molar-refractivity contribution in [1.29, 1.82) is 0 Å². The molecule has 5 heteroatoms. The molecule has 0 saturated heterocycles. The molecule has 0 N–H and O–H groups in total. The fourth-order valence-electron chi connectivity index (χ4n) is 1.61. The van der Waals surface area contributed by atoms with Crippen molar-refractivity contribution in [3.05, 3.63) is 69.2 Å². The van der Waals surface area contributed by atoms with Gasteiger partial charge < -0.3 is 0 Å². The topological polar surface area (TPSA) is 17.1 Å². The van der Waals surface area contributed by atoms with Crippen LogP contribution in [-0.2, 0) is 0 Å². The van der Waals surface area contributed by atoms with Crippen LogP contribution >= 0.6 is 46.4 Å². The van der Waals surface area contributed by atoms with Gasteiger partial charge in [0.15, 0.2) is 5.78 Å². The van der Waals surface area contributed by atoms with Gasteiger partial charge in [-0.1, -0.05) is 47.5 Å². The number of alkyl halides is 2. The van der Waals surface area contributed by atoms with Crippen LogP contribution in [-0.4, -0.2) is 5.78 Å².